The molecular weight excluding hydrogens is 484 g/mol. The number of carboxylic acids is 2. The molecule has 3 aromatic rings. The largest absolute Gasteiger partial charge is 0.481 e. The molecule has 2 atom stereocenters. The van der Waals surface area contributed by atoms with Gasteiger partial charge in [-0.25, -0.2) is 9.59 Å². The Morgan fingerprint density at radius 2 is 1.29 bits per heavy atom. The molecule has 1 amide bonds. The zero-order chi connectivity index (χ0) is 27.6. The van der Waals surface area contributed by atoms with Crippen molar-refractivity contribution in [1.29, 1.82) is 0 Å². The van der Waals surface area contributed by atoms with E-state index in [1.807, 2.05) is 97.9 Å². The summed E-state index contributed by atoms with van der Waals surface area (Å²) in [5.74, 6) is -2.10. The third kappa shape index (κ3) is 12.2. The van der Waals surface area contributed by atoms with Gasteiger partial charge >= 0.3 is 18.0 Å². The average molecular weight is 521 g/mol. The number of aryl methyl sites for hydroxylation is 1. The zero-order valence-corrected chi connectivity index (χ0v) is 21.6. The van der Waals surface area contributed by atoms with Crippen molar-refractivity contribution in [2.75, 3.05) is 13.1 Å². The van der Waals surface area contributed by atoms with Gasteiger partial charge in [0.25, 0.3) is 0 Å². The van der Waals surface area contributed by atoms with Crippen molar-refractivity contribution in [2.24, 2.45) is 5.92 Å². The second-order valence-corrected chi connectivity index (χ2v) is 8.65. The van der Waals surface area contributed by atoms with Gasteiger partial charge in [0.15, 0.2) is 0 Å². The summed E-state index contributed by atoms with van der Waals surface area (Å²) in [4.78, 5) is 34.0. The molecule has 8 heteroatoms. The third-order valence-electron chi connectivity index (χ3n) is 5.70. The number of carbonyl (C=O) groups is 3. The van der Waals surface area contributed by atoms with Crippen LogP contribution < -0.4 is 10.6 Å². The summed E-state index contributed by atoms with van der Waals surface area (Å²) in [7, 11) is 0. The number of hydrogen-bond donors (Lipinski definition) is 4. The van der Waals surface area contributed by atoms with Crippen LogP contribution in [0.2, 0.25) is 0 Å². The number of carbonyl (C=O) groups excluding carboxylic acids is 1. The van der Waals surface area contributed by atoms with Gasteiger partial charge in [-0.05, 0) is 36.1 Å². The standard InChI is InChI=1S/C17H17NO4.C13H19NO2/c19-16(20)15(11-13-7-3-1-4-8-13)18-17(21)22-12-14-9-5-2-6-10-14;1-2-14-10-12(13(15)16)9-8-11-6-4-3-5-7-11/h1-10,15H,11-12H2,(H,18,21)(H,19,20);3-7,12,14H,2,8-10H2,1H3,(H,15,16)/t15-;12-/m00/s1. The van der Waals surface area contributed by atoms with Crippen LogP contribution in [0.5, 0.6) is 0 Å². The molecule has 4 N–H and O–H groups in total. The van der Waals surface area contributed by atoms with E-state index in [4.69, 9.17) is 9.84 Å². The van der Waals surface area contributed by atoms with Gasteiger partial charge in [0.1, 0.15) is 12.6 Å². The minimum Gasteiger partial charge on any atom is -0.481 e. The van der Waals surface area contributed by atoms with E-state index < -0.39 is 24.1 Å². The van der Waals surface area contributed by atoms with E-state index >= 15 is 0 Å². The first-order valence-electron chi connectivity index (χ1n) is 12.6. The number of rotatable bonds is 13. The van der Waals surface area contributed by atoms with Crippen LogP contribution in [0.25, 0.3) is 0 Å². The molecule has 0 heterocycles. The molecule has 202 valence electrons. The molecule has 0 aliphatic carbocycles. The van der Waals surface area contributed by atoms with Crippen molar-refractivity contribution in [3.8, 4) is 0 Å². The quantitative estimate of drug-likeness (QED) is 0.261. The Morgan fingerprint density at radius 1 is 0.763 bits per heavy atom. The fourth-order valence-electron chi connectivity index (χ4n) is 3.57. The van der Waals surface area contributed by atoms with E-state index in [2.05, 4.69) is 10.6 Å². The molecule has 38 heavy (non-hydrogen) atoms. The number of hydrogen-bond acceptors (Lipinski definition) is 5. The van der Waals surface area contributed by atoms with Crippen molar-refractivity contribution in [2.45, 2.75) is 38.8 Å². The number of aliphatic carboxylic acids is 2. The molecule has 0 radical (unpaired) electrons. The van der Waals surface area contributed by atoms with Crippen molar-refractivity contribution in [3.63, 3.8) is 0 Å². The first kappa shape index (κ1) is 30.1. The van der Waals surface area contributed by atoms with Crippen LogP contribution in [0.1, 0.15) is 30.0 Å². The lowest BCUT2D eigenvalue weighted by atomic mass is 9.99. The number of carboxylic acid groups (broad SMARTS) is 2. The van der Waals surface area contributed by atoms with Gasteiger partial charge < -0.3 is 25.6 Å². The van der Waals surface area contributed by atoms with Crippen LogP contribution in [-0.2, 0) is 33.8 Å². The molecule has 0 spiro atoms. The zero-order valence-electron chi connectivity index (χ0n) is 21.6. The minimum absolute atomic E-state index is 0.102. The number of amides is 1. The minimum atomic E-state index is -1.10. The summed E-state index contributed by atoms with van der Waals surface area (Å²) in [6, 6.07) is 27.3. The third-order valence-corrected chi connectivity index (χ3v) is 5.70. The van der Waals surface area contributed by atoms with Crippen LogP contribution in [0.3, 0.4) is 0 Å². The van der Waals surface area contributed by atoms with Crippen LogP contribution in [0.15, 0.2) is 91.0 Å². The fraction of sp³-hybridized carbons (Fsp3) is 0.300. The first-order chi connectivity index (χ1) is 18.4. The second kappa shape index (κ2) is 17.3. The summed E-state index contributed by atoms with van der Waals surface area (Å²) in [6.07, 6.45) is 0.971. The van der Waals surface area contributed by atoms with E-state index in [1.54, 1.807) is 0 Å². The van der Waals surface area contributed by atoms with Gasteiger partial charge in [-0.2, -0.15) is 0 Å². The van der Waals surface area contributed by atoms with Crippen molar-refractivity contribution >= 4 is 18.0 Å². The van der Waals surface area contributed by atoms with Crippen molar-refractivity contribution in [1.82, 2.24) is 10.6 Å². The molecule has 0 aromatic heterocycles. The van der Waals surface area contributed by atoms with Gasteiger partial charge in [0.05, 0.1) is 5.92 Å². The van der Waals surface area contributed by atoms with E-state index in [1.165, 1.54) is 5.56 Å². The maximum Gasteiger partial charge on any atom is 0.408 e. The monoisotopic (exact) mass is 520 g/mol. The Kier molecular flexibility index (Phi) is 13.7. The highest BCUT2D eigenvalue weighted by Gasteiger charge is 2.21. The topological polar surface area (TPSA) is 125 Å². The van der Waals surface area contributed by atoms with Gasteiger partial charge in [0.2, 0.25) is 0 Å². The van der Waals surface area contributed by atoms with Crippen LogP contribution in [0, 0.1) is 5.92 Å². The van der Waals surface area contributed by atoms with Gasteiger partial charge in [-0.3, -0.25) is 4.79 Å². The smallest absolute Gasteiger partial charge is 0.408 e. The highest BCUT2D eigenvalue weighted by Crippen LogP contribution is 2.10. The summed E-state index contributed by atoms with van der Waals surface area (Å²) in [5, 5.41) is 23.7. The highest BCUT2D eigenvalue weighted by molar-refractivity contribution is 5.80. The lowest BCUT2D eigenvalue weighted by Crippen LogP contribution is -2.42. The SMILES string of the molecule is CCNC[C@H](CCc1ccccc1)C(=O)O.O=C(N[C@@H](Cc1ccccc1)C(=O)O)OCc1ccccc1. The van der Waals surface area contributed by atoms with Gasteiger partial charge in [-0.1, -0.05) is 97.9 Å². The summed E-state index contributed by atoms with van der Waals surface area (Å²) < 4.78 is 5.03. The number of alkyl carbamates (subject to hydrolysis) is 1. The van der Waals surface area contributed by atoms with Crippen molar-refractivity contribution in [3.05, 3.63) is 108 Å². The normalized spacial score (nSPS) is 11.8. The van der Waals surface area contributed by atoms with E-state index in [-0.39, 0.29) is 18.9 Å². The Bertz CT molecular complexity index is 1090. The molecule has 3 aromatic carbocycles. The van der Waals surface area contributed by atoms with E-state index in [9.17, 15) is 19.5 Å². The second-order valence-electron chi connectivity index (χ2n) is 8.65. The highest BCUT2D eigenvalue weighted by atomic mass is 16.5. The Morgan fingerprint density at radius 3 is 1.79 bits per heavy atom. The average Bonchev–Trinajstić information content (AvgIpc) is 2.93. The lowest BCUT2D eigenvalue weighted by Gasteiger charge is -2.14. The maximum absolute atomic E-state index is 11.7. The summed E-state index contributed by atoms with van der Waals surface area (Å²) >= 11 is 0. The first-order valence-corrected chi connectivity index (χ1v) is 12.6. The molecule has 0 unspecified atom stereocenters. The fourth-order valence-corrected chi connectivity index (χ4v) is 3.57. The Balaban J connectivity index is 0.000000281. The predicted octanol–water partition coefficient (Wildman–Crippen LogP) is 4.54. The van der Waals surface area contributed by atoms with Gasteiger partial charge in [-0.15, -0.1) is 0 Å². The predicted molar refractivity (Wildman–Crippen MR) is 146 cm³/mol. The van der Waals surface area contributed by atoms with Gasteiger partial charge in [0, 0.05) is 13.0 Å². The molecular formula is C30H36N2O6. The Hall–Kier alpha value is -4.17. The molecule has 0 aliphatic rings. The number of nitrogens with one attached hydrogen (secondary N) is 2. The lowest BCUT2D eigenvalue weighted by molar-refractivity contribution is -0.142. The summed E-state index contributed by atoms with van der Waals surface area (Å²) in [6.45, 7) is 3.45. The van der Waals surface area contributed by atoms with Crippen LogP contribution >= 0.6 is 0 Å². The molecule has 0 aliphatic heterocycles. The van der Waals surface area contributed by atoms with Crippen LogP contribution in [0.4, 0.5) is 4.79 Å². The molecule has 0 fully saturated rings. The van der Waals surface area contributed by atoms with Crippen molar-refractivity contribution < 1.29 is 29.3 Å². The Labute approximate surface area is 223 Å². The molecule has 3 rings (SSSR count). The number of benzene rings is 3. The molecule has 0 saturated heterocycles. The molecule has 8 nitrogen and oxygen atoms in total. The number of ether oxygens (including phenoxy) is 1. The van der Waals surface area contributed by atoms with E-state index in [0.717, 1.165) is 24.1 Å². The van der Waals surface area contributed by atoms with Crippen LogP contribution in [-0.4, -0.2) is 47.4 Å². The maximum atomic E-state index is 11.7. The molecule has 0 saturated carbocycles. The van der Waals surface area contributed by atoms with E-state index in [0.29, 0.717) is 13.0 Å². The summed E-state index contributed by atoms with van der Waals surface area (Å²) in [5.41, 5.74) is 2.87. The molecule has 0 bridgehead atoms.